The van der Waals surface area contributed by atoms with Gasteiger partial charge in [-0.05, 0) is 52.7 Å². The highest BCUT2D eigenvalue weighted by atomic mass is 31.2. The summed E-state index contributed by atoms with van der Waals surface area (Å²) in [6.45, 7) is 6.97. The minimum atomic E-state index is -3.55. The Bertz CT molecular complexity index is 688. The molecule has 1 atom stereocenters. The van der Waals surface area contributed by atoms with Gasteiger partial charge in [0.25, 0.3) is 11.8 Å². The lowest BCUT2D eigenvalue weighted by Gasteiger charge is -2.24. The van der Waals surface area contributed by atoms with Gasteiger partial charge in [0.15, 0.2) is 0 Å². The Morgan fingerprint density at radius 2 is 1.48 bits per heavy atom. The van der Waals surface area contributed by atoms with Gasteiger partial charge in [0.2, 0.25) is 0 Å². The van der Waals surface area contributed by atoms with Crippen LogP contribution in [0.4, 0.5) is 4.39 Å². The second-order valence-electron chi connectivity index (χ2n) is 7.15. The summed E-state index contributed by atoms with van der Waals surface area (Å²) in [5, 5.41) is 0. The molecule has 1 aromatic carbocycles. The lowest BCUT2D eigenvalue weighted by molar-refractivity contribution is 0.0647. The van der Waals surface area contributed by atoms with Crippen molar-refractivity contribution in [1.29, 1.82) is 0 Å². The Balaban J connectivity index is 1.89. The summed E-state index contributed by atoms with van der Waals surface area (Å²) >= 11 is 0. The highest BCUT2D eigenvalue weighted by Gasteiger charge is 2.35. The number of alkyl halides is 1. The van der Waals surface area contributed by atoms with Crippen molar-refractivity contribution in [3.63, 3.8) is 0 Å². The van der Waals surface area contributed by atoms with Gasteiger partial charge in [0.1, 0.15) is 6.17 Å². The Kier molecular flexibility index (Phi) is 7.32. The van der Waals surface area contributed by atoms with E-state index >= 15 is 0 Å². The molecule has 6 nitrogen and oxygen atoms in total. The van der Waals surface area contributed by atoms with Crippen LogP contribution in [0.15, 0.2) is 24.3 Å². The van der Waals surface area contributed by atoms with Crippen molar-refractivity contribution in [1.82, 2.24) is 4.90 Å². The van der Waals surface area contributed by atoms with Crippen molar-refractivity contribution >= 4 is 19.4 Å². The summed E-state index contributed by atoms with van der Waals surface area (Å²) in [6.07, 6.45) is -2.12. The number of benzene rings is 1. The third kappa shape index (κ3) is 5.71. The topological polar surface area (TPSA) is 72.9 Å². The molecule has 0 aliphatic carbocycles. The summed E-state index contributed by atoms with van der Waals surface area (Å²) in [4.78, 5) is 25.7. The minimum absolute atomic E-state index is 0.0559. The maximum atomic E-state index is 14.4. The van der Waals surface area contributed by atoms with Crippen molar-refractivity contribution in [2.24, 2.45) is 0 Å². The maximum Gasteiger partial charge on any atom is 0.334 e. The van der Waals surface area contributed by atoms with Gasteiger partial charge in [-0.3, -0.25) is 19.1 Å². The average Bonchev–Trinajstić information content (AvgIpc) is 2.78. The number of imide groups is 1. The first-order valence-corrected chi connectivity index (χ1v) is 10.9. The number of rotatable bonds is 10. The van der Waals surface area contributed by atoms with Gasteiger partial charge in [-0.15, -0.1) is 0 Å². The van der Waals surface area contributed by atoms with Crippen LogP contribution in [0.5, 0.6) is 0 Å². The second-order valence-corrected chi connectivity index (χ2v) is 9.16. The Morgan fingerprint density at radius 1 is 1.00 bits per heavy atom. The second kappa shape index (κ2) is 9.09. The van der Waals surface area contributed by atoms with E-state index in [4.69, 9.17) is 9.05 Å². The van der Waals surface area contributed by atoms with Gasteiger partial charge in [-0.2, -0.15) is 0 Å². The number of halogens is 1. The molecule has 1 unspecified atom stereocenters. The Labute approximate surface area is 159 Å². The molecule has 1 aliphatic heterocycles. The molecular weight excluding hydrogens is 372 g/mol. The van der Waals surface area contributed by atoms with E-state index in [-0.39, 0.29) is 49.6 Å². The average molecular weight is 399 g/mol. The van der Waals surface area contributed by atoms with Crippen LogP contribution >= 0.6 is 7.60 Å². The van der Waals surface area contributed by atoms with Gasteiger partial charge in [0, 0.05) is 6.54 Å². The molecule has 0 saturated heterocycles. The van der Waals surface area contributed by atoms with Crippen LogP contribution in [-0.4, -0.2) is 47.8 Å². The van der Waals surface area contributed by atoms with Crippen LogP contribution in [0.2, 0.25) is 0 Å². The molecule has 27 heavy (non-hydrogen) atoms. The monoisotopic (exact) mass is 399 g/mol. The first-order chi connectivity index (χ1) is 12.6. The predicted octanol–water partition coefficient (Wildman–Crippen LogP) is 4.44. The molecular formula is C19H27FNO5P. The zero-order valence-corrected chi connectivity index (χ0v) is 17.1. The van der Waals surface area contributed by atoms with E-state index in [0.717, 1.165) is 4.90 Å². The van der Waals surface area contributed by atoms with E-state index in [1.807, 2.05) is 0 Å². The zero-order chi connectivity index (χ0) is 20.2. The van der Waals surface area contributed by atoms with E-state index in [9.17, 15) is 18.5 Å². The molecule has 0 bridgehead atoms. The molecule has 2 rings (SSSR count). The highest BCUT2D eigenvalue weighted by Crippen LogP contribution is 2.51. The lowest BCUT2D eigenvalue weighted by Crippen LogP contribution is -2.31. The van der Waals surface area contributed by atoms with E-state index in [1.165, 1.54) is 0 Å². The van der Waals surface area contributed by atoms with Gasteiger partial charge < -0.3 is 9.05 Å². The van der Waals surface area contributed by atoms with E-state index in [2.05, 4.69) is 0 Å². The summed E-state index contributed by atoms with van der Waals surface area (Å²) in [7, 11) is -3.55. The number of nitrogens with zero attached hydrogens (tertiary/aromatic N) is 1. The van der Waals surface area contributed by atoms with Crippen molar-refractivity contribution < 1.29 is 27.6 Å². The van der Waals surface area contributed by atoms with Crippen LogP contribution in [0, 0.1) is 0 Å². The SMILES string of the molecule is CC(C)OP(=O)(CC(F)CCCN1C(=O)c2ccccc2C1=O)OC(C)C. The Hall–Kier alpha value is -1.56. The van der Waals surface area contributed by atoms with Crippen LogP contribution in [-0.2, 0) is 13.6 Å². The number of carbonyl (C=O) groups excluding carboxylic acids is 2. The molecule has 0 aromatic heterocycles. The molecule has 0 spiro atoms. The van der Waals surface area contributed by atoms with E-state index in [1.54, 1.807) is 52.0 Å². The van der Waals surface area contributed by atoms with Crippen molar-refractivity contribution in [3.05, 3.63) is 35.4 Å². The van der Waals surface area contributed by atoms with Crippen LogP contribution < -0.4 is 0 Å². The molecule has 0 fully saturated rings. The molecule has 8 heteroatoms. The largest absolute Gasteiger partial charge is 0.334 e. The fourth-order valence-electron chi connectivity index (χ4n) is 3.00. The summed E-state index contributed by atoms with van der Waals surface area (Å²) < 4.78 is 37.8. The van der Waals surface area contributed by atoms with E-state index < -0.39 is 13.8 Å². The van der Waals surface area contributed by atoms with Crippen LogP contribution in [0.3, 0.4) is 0 Å². The van der Waals surface area contributed by atoms with Gasteiger partial charge in [-0.1, -0.05) is 12.1 Å². The molecule has 1 aliphatic rings. The van der Waals surface area contributed by atoms with Crippen molar-refractivity contribution in [3.8, 4) is 0 Å². The first-order valence-electron chi connectivity index (χ1n) is 9.18. The number of fused-ring (bicyclic) bond motifs is 1. The molecule has 1 heterocycles. The Morgan fingerprint density at radius 3 is 1.93 bits per heavy atom. The number of hydrogen-bond donors (Lipinski definition) is 0. The lowest BCUT2D eigenvalue weighted by atomic mass is 10.1. The van der Waals surface area contributed by atoms with Crippen molar-refractivity contribution in [2.75, 3.05) is 12.7 Å². The zero-order valence-electron chi connectivity index (χ0n) is 16.2. The van der Waals surface area contributed by atoms with Crippen molar-refractivity contribution in [2.45, 2.75) is 58.9 Å². The minimum Gasteiger partial charge on any atom is -0.306 e. The quantitative estimate of drug-likeness (QED) is 0.429. The normalized spacial score (nSPS) is 15.7. The molecule has 2 amide bonds. The molecule has 0 saturated carbocycles. The predicted molar refractivity (Wildman–Crippen MR) is 101 cm³/mol. The number of carbonyl (C=O) groups is 2. The van der Waals surface area contributed by atoms with Crippen LogP contribution in [0.25, 0.3) is 0 Å². The van der Waals surface area contributed by atoms with Crippen LogP contribution in [0.1, 0.15) is 61.3 Å². The third-order valence-corrected chi connectivity index (χ3v) is 6.27. The summed E-state index contributed by atoms with van der Waals surface area (Å²) in [5.74, 6) is -0.717. The van der Waals surface area contributed by atoms with Gasteiger partial charge >= 0.3 is 7.60 Å². The maximum absolute atomic E-state index is 14.4. The fourth-order valence-corrected chi connectivity index (χ4v) is 5.17. The van der Waals surface area contributed by atoms with Gasteiger partial charge in [-0.25, -0.2) is 4.39 Å². The smallest absolute Gasteiger partial charge is 0.306 e. The molecule has 0 radical (unpaired) electrons. The number of amides is 2. The molecule has 0 N–H and O–H groups in total. The summed E-state index contributed by atoms with van der Waals surface area (Å²) in [6, 6.07) is 6.62. The fraction of sp³-hybridized carbons (Fsp3) is 0.579. The molecule has 1 aromatic rings. The highest BCUT2D eigenvalue weighted by molar-refractivity contribution is 7.53. The standard InChI is InChI=1S/C19H27FNO5P/c1-13(2)25-27(24,26-14(3)4)12-15(20)8-7-11-21-18(22)16-9-5-6-10-17(16)19(21)23/h5-6,9-10,13-15H,7-8,11-12H2,1-4H3. The first kappa shape index (κ1) is 21.7. The summed E-state index contributed by atoms with van der Waals surface area (Å²) in [5.41, 5.74) is 0.749. The third-order valence-electron chi connectivity index (χ3n) is 3.94. The van der Waals surface area contributed by atoms with E-state index in [0.29, 0.717) is 11.1 Å². The number of hydrogen-bond acceptors (Lipinski definition) is 5. The van der Waals surface area contributed by atoms with Gasteiger partial charge in [0.05, 0.1) is 29.5 Å². The molecule has 150 valence electrons.